The van der Waals surface area contributed by atoms with E-state index in [-0.39, 0.29) is 24.5 Å². The molecule has 2 N–H and O–H groups in total. The molecule has 0 bridgehead atoms. The molecule has 132 valence electrons. The molecule has 1 aliphatic carbocycles. The average molecular weight is 336 g/mol. The van der Waals surface area contributed by atoms with Crippen molar-refractivity contribution < 1.29 is 19.2 Å². The fraction of sp³-hybridized carbons (Fsp3) is 0.750. The minimum Gasteiger partial charge on any atom is -0.481 e. The molecule has 1 aromatic heterocycles. The summed E-state index contributed by atoms with van der Waals surface area (Å²) in [7, 11) is 0. The third-order valence-electron chi connectivity index (χ3n) is 4.67. The molecular weight excluding hydrogens is 312 g/mol. The number of carbonyl (C=O) groups is 2. The molecule has 0 spiro atoms. The summed E-state index contributed by atoms with van der Waals surface area (Å²) in [5.41, 5.74) is 0. The summed E-state index contributed by atoms with van der Waals surface area (Å²) in [6, 6.07) is -0.645. The van der Waals surface area contributed by atoms with Gasteiger partial charge in [0.2, 0.25) is 5.89 Å². The van der Waals surface area contributed by atoms with E-state index in [1.54, 1.807) is 4.90 Å². The van der Waals surface area contributed by atoms with Crippen molar-refractivity contribution in [1.82, 2.24) is 20.4 Å². The summed E-state index contributed by atoms with van der Waals surface area (Å²) in [6.07, 6.45) is 3.48. The Labute approximate surface area is 140 Å². The van der Waals surface area contributed by atoms with Crippen molar-refractivity contribution in [2.45, 2.75) is 51.5 Å². The van der Waals surface area contributed by atoms with Gasteiger partial charge in [0.25, 0.3) is 0 Å². The van der Waals surface area contributed by atoms with Crippen LogP contribution in [0, 0.1) is 11.8 Å². The van der Waals surface area contributed by atoms with Gasteiger partial charge in [0, 0.05) is 19.0 Å². The number of rotatable bonds is 5. The molecule has 1 aromatic rings. The zero-order valence-corrected chi connectivity index (χ0v) is 14.1. The van der Waals surface area contributed by atoms with E-state index in [0.717, 1.165) is 12.8 Å². The van der Waals surface area contributed by atoms with Gasteiger partial charge in [-0.15, -0.1) is 0 Å². The lowest BCUT2D eigenvalue weighted by Gasteiger charge is -2.32. The lowest BCUT2D eigenvalue weighted by molar-refractivity contribution is -0.143. The zero-order valence-electron chi connectivity index (χ0n) is 14.1. The number of carboxylic acids is 1. The topological polar surface area (TPSA) is 109 Å². The fourth-order valence-electron chi connectivity index (χ4n) is 2.98. The number of carbonyl (C=O) groups excluding carboxylic acids is 1. The van der Waals surface area contributed by atoms with Gasteiger partial charge in [-0.05, 0) is 31.6 Å². The van der Waals surface area contributed by atoms with Crippen LogP contribution < -0.4 is 5.32 Å². The highest BCUT2D eigenvalue weighted by Crippen LogP contribution is 2.38. The van der Waals surface area contributed by atoms with Crippen LogP contribution in [0.25, 0.3) is 0 Å². The van der Waals surface area contributed by atoms with Crippen molar-refractivity contribution in [3.8, 4) is 0 Å². The summed E-state index contributed by atoms with van der Waals surface area (Å²) in [5.74, 6) is 0.276. The molecule has 0 radical (unpaired) electrons. The Bertz CT molecular complexity index is 611. The van der Waals surface area contributed by atoms with Gasteiger partial charge in [-0.2, -0.15) is 4.98 Å². The molecule has 1 saturated heterocycles. The Kier molecular flexibility index (Phi) is 4.73. The number of amides is 2. The van der Waals surface area contributed by atoms with Gasteiger partial charge in [0.15, 0.2) is 5.82 Å². The van der Waals surface area contributed by atoms with Crippen molar-refractivity contribution in [3.05, 3.63) is 11.7 Å². The van der Waals surface area contributed by atoms with Gasteiger partial charge in [0.05, 0.1) is 5.92 Å². The lowest BCUT2D eigenvalue weighted by Crippen LogP contribution is -2.48. The Morgan fingerprint density at radius 3 is 2.71 bits per heavy atom. The monoisotopic (exact) mass is 336 g/mol. The molecule has 8 heteroatoms. The molecule has 2 amide bonds. The van der Waals surface area contributed by atoms with Crippen molar-refractivity contribution >= 4 is 12.0 Å². The van der Waals surface area contributed by atoms with Crippen LogP contribution in [-0.4, -0.2) is 45.2 Å². The summed E-state index contributed by atoms with van der Waals surface area (Å²) >= 11 is 0. The van der Waals surface area contributed by atoms with E-state index in [2.05, 4.69) is 15.5 Å². The van der Waals surface area contributed by atoms with Crippen LogP contribution in [0.4, 0.5) is 4.79 Å². The number of urea groups is 1. The van der Waals surface area contributed by atoms with Crippen molar-refractivity contribution in [3.63, 3.8) is 0 Å². The van der Waals surface area contributed by atoms with Crippen LogP contribution in [0.2, 0.25) is 0 Å². The Hall–Kier alpha value is -2.12. The number of carboxylic acid groups (broad SMARTS) is 1. The first-order chi connectivity index (χ1) is 11.5. The van der Waals surface area contributed by atoms with Gasteiger partial charge < -0.3 is 19.8 Å². The van der Waals surface area contributed by atoms with Crippen molar-refractivity contribution in [2.75, 3.05) is 13.1 Å². The molecule has 24 heavy (non-hydrogen) atoms. The second-order valence-corrected chi connectivity index (χ2v) is 7.06. The highest BCUT2D eigenvalue weighted by molar-refractivity contribution is 5.76. The number of likely N-dealkylation sites (tertiary alicyclic amines) is 1. The number of hydrogen-bond acceptors (Lipinski definition) is 5. The number of nitrogens with one attached hydrogen (secondary N) is 1. The van der Waals surface area contributed by atoms with Crippen LogP contribution >= 0.6 is 0 Å². The fourth-order valence-corrected chi connectivity index (χ4v) is 2.98. The second-order valence-electron chi connectivity index (χ2n) is 7.06. The van der Waals surface area contributed by atoms with E-state index < -0.39 is 11.9 Å². The smallest absolute Gasteiger partial charge is 0.318 e. The van der Waals surface area contributed by atoms with Crippen LogP contribution in [0.5, 0.6) is 0 Å². The van der Waals surface area contributed by atoms with E-state index in [4.69, 9.17) is 9.63 Å². The Balaban J connectivity index is 1.66. The molecular formula is C16H24N4O4. The van der Waals surface area contributed by atoms with Crippen LogP contribution in [0.15, 0.2) is 4.52 Å². The zero-order chi connectivity index (χ0) is 17.3. The van der Waals surface area contributed by atoms with Gasteiger partial charge >= 0.3 is 12.0 Å². The number of hydrogen-bond donors (Lipinski definition) is 2. The highest BCUT2D eigenvalue weighted by atomic mass is 16.5. The van der Waals surface area contributed by atoms with Crippen LogP contribution in [0.1, 0.15) is 63.2 Å². The molecule has 2 unspecified atom stereocenters. The maximum Gasteiger partial charge on any atom is 0.318 e. The first-order valence-electron chi connectivity index (χ1n) is 8.57. The van der Waals surface area contributed by atoms with Gasteiger partial charge in [-0.25, -0.2) is 4.79 Å². The van der Waals surface area contributed by atoms with E-state index in [0.29, 0.717) is 37.0 Å². The van der Waals surface area contributed by atoms with Gasteiger partial charge in [-0.1, -0.05) is 19.0 Å². The molecule has 0 aromatic carbocycles. The third-order valence-corrected chi connectivity index (χ3v) is 4.67. The maximum absolute atomic E-state index is 12.5. The quantitative estimate of drug-likeness (QED) is 0.853. The molecule has 2 fully saturated rings. The normalized spacial score (nSPS) is 22.5. The lowest BCUT2D eigenvalue weighted by atomic mass is 9.98. The summed E-state index contributed by atoms with van der Waals surface area (Å²) in [5, 5.41) is 16.1. The predicted octanol–water partition coefficient (Wildman–Crippen LogP) is 2.15. The minimum absolute atomic E-state index is 0.0847. The summed E-state index contributed by atoms with van der Waals surface area (Å²) < 4.78 is 5.35. The van der Waals surface area contributed by atoms with E-state index in [1.165, 1.54) is 0 Å². The number of piperidine rings is 1. The Morgan fingerprint density at radius 1 is 1.33 bits per heavy atom. The minimum atomic E-state index is -0.848. The largest absolute Gasteiger partial charge is 0.481 e. The van der Waals surface area contributed by atoms with Gasteiger partial charge in [-0.3, -0.25) is 4.79 Å². The predicted molar refractivity (Wildman–Crippen MR) is 84.3 cm³/mol. The Morgan fingerprint density at radius 2 is 2.08 bits per heavy atom. The number of aromatic nitrogens is 2. The SMILES string of the molecule is CC(C)C(NC(=O)N1CCCC(C(=O)O)C1)c1nc(C2CC2)no1. The van der Waals surface area contributed by atoms with Gasteiger partial charge in [0.1, 0.15) is 6.04 Å². The number of aliphatic carboxylic acids is 1. The standard InChI is InChI=1S/C16H24N4O4/c1-9(2)12(14-18-13(19-24-14)10-5-6-10)17-16(23)20-7-3-4-11(8-20)15(21)22/h9-12H,3-8H2,1-2H3,(H,17,23)(H,21,22). The first kappa shape index (κ1) is 16.7. The highest BCUT2D eigenvalue weighted by Gasteiger charge is 2.33. The molecule has 3 rings (SSSR count). The molecule has 8 nitrogen and oxygen atoms in total. The van der Waals surface area contributed by atoms with E-state index >= 15 is 0 Å². The average Bonchev–Trinajstić information content (AvgIpc) is 3.30. The summed E-state index contributed by atoms with van der Waals surface area (Å²) in [4.78, 5) is 29.7. The molecule has 2 aliphatic rings. The number of nitrogens with zero attached hydrogens (tertiary/aromatic N) is 3. The van der Waals surface area contributed by atoms with Crippen LogP contribution in [-0.2, 0) is 4.79 Å². The third kappa shape index (κ3) is 3.68. The molecule has 2 atom stereocenters. The second kappa shape index (κ2) is 6.78. The van der Waals surface area contributed by atoms with Crippen LogP contribution in [0.3, 0.4) is 0 Å². The molecule has 1 aliphatic heterocycles. The van der Waals surface area contributed by atoms with E-state index in [9.17, 15) is 9.59 Å². The van der Waals surface area contributed by atoms with Crippen molar-refractivity contribution in [1.29, 1.82) is 0 Å². The first-order valence-corrected chi connectivity index (χ1v) is 8.57. The van der Waals surface area contributed by atoms with Crippen molar-refractivity contribution in [2.24, 2.45) is 11.8 Å². The van der Waals surface area contributed by atoms with E-state index in [1.807, 2.05) is 13.8 Å². The maximum atomic E-state index is 12.5. The summed E-state index contributed by atoms with van der Waals surface area (Å²) in [6.45, 7) is 4.76. The molecule has 1 saturated carbocycles. The molecule has 2 heterocycles.